The number of methoxy groups -OCH3 is 2. The minimum Gasteiger partial charge on any atom is -0.457 e. The molecule has 0 aliphatic carbocycles. The van der Waals surface area contributed by atoms with Crippen LogP contribution in [0.3, 0.4) is 0 Å². The number of hydrogen-bond acceptors (Lipinski definition) is 9. The van der Waals surface area contributed by atoms with Gasteiger partial charge in [-0.25, -0.2) is 0 Å². The summed E-state index contributed by atoms with van der Waals surface area (Å²) in [5, 5.41) is 36.0. The van der Waals surface area contributed by atoms with Crippen LogP contribution >= 0.6 is 0 Å². The average Bonchev–Trinajstić information content (AvgIpc) is 2.91. The fourth-order valence-electron chi connectivity index (χ4n) is 5.67. The van der Waals surface area contributed by atoms with E-state index < -0.39 is 48.0 Å². The molecule has 0 saturated carbocycles. The van der Waals surface area contributed by atoms with Crippen molar-refractivity contribution in [2.45, 2.75) is 95.6 Å². The Morgan fingerprint density at radius 2 is 1.68 bits per heavy atom. The van der Waals surface area contributed by atoms with Crippen molar-refractivity contribution in [3.8, 4) is 0 Å². The normalized spacial score (nSPS) is 39.8. The van der Waals surface area contributed by atoms with Crippen molar-refractivity contribution in [3.05, 3.63) is 35.9 Å². The number of nitrogens with zero attached hydrogens (tertiary/aromatic N) is 1. The quantitative estimate of drug-likeness (QED) is 0.311. The number of esters is 1. The highest BCUT2D eigenvalue weighted by atomic mass is 16.7. The molecule has 0 spiro atoms. The number of carbonyl (C=O) groups excluding carboxylic acids is 1. The van der Waals surface area contributed by atoms with Gasteiger partial charge in [0.25, 0.3) is 0 Å². The largest absolute Gasteiger partial charge is 0.457 e. The zero-order valence-electron chi connectivity index (χ0n) is 22.6. The number of rotatable bonds is 3. The fraction of sp³-hybridized carbons (Fsp3) is 0.714. The summed E-state index contributed by atoms with van der Waals surface area (Å²) in [6.45, 7) is 5.33. The van der Waals surface area contributed by atoms with Crippen LogP contribution in [0.15, 0.2) is 35.5 Å². The predicted octanol–water partition coefficient (Wildman–Crippen LogP) is 3.84. The Labute approximate surface area is 219 Å². The van der Waals surface area contributed by atoms with Gasteiger partial charge in [0.2, 0.25) is 5.79 Å². The van der Waals surface area contributed by atoms with Crippen molar-refractivity contribution in [3.63, 3.8) is 0 Å². The summed E-state index contributed by atoms with van der Waals surface area (Å²) in [5.41, 5.74) is 1.05. The van der Waals surface area contributed by atoms with Gasteiger partial charge in [-0.05, 0) is 50.5 Å². The van der Waals surface area contributed by atoms with Crippen LogP contribution in [0.1, 0.15) is 71.0 Å². The average molecular weight is 522 g/mol. The number of oxime groups is 1. The molecule has 2 saturated heterocycles. The number of fused-ring (bicyclic) bond motifs is 2. The summed E-state index contributed by atoms with van der Waals surface area (Å²) >= 11 is 0. The van der Waals surface area contributed by atoms with Crippen LogP contribution in [-0.4, -0.2) is 71.5 Å². The number of hydrogen-bond donors (Lipinski definition) is 3. The van der Waals surface area contributed by atoms with E-state index in [-0.39, 0.29) is 17.7 Å². The molecule has 2 aliphatic heterocycles. The Balaban J connectivity index is 1.99. The van der Waals surface area contributed by atoms with E-state index in [9.17, 15) is 20.2 Å². The van der Waals surface area contributed by atoms with E-state index in [1.807, 2.05) is 44.2 Å². The van der Waals surface area contributed by atoms with E-state index in [0.29, 0.717) is 25.7 Å². The third-order valence-corrected chi connectivity index (χ3v) is 8.10. The maximum Gasteiger partial charge on any atom is 0.314 e. The Morgan fingerprint density at radius 1 is 1.00 bits per heavy atom. The van der Waals surface area contributed by atoms with Crippen LogP contribution < -0.4 is 0 Å². The molecule has 3 rings (SSSR count). The highest BCUT2D eigenvalue weighted by Crippen LogP contribution is 2.41. The van der Waals surface area contributed by atoms with Gasteiger partial charge >= 0.3 is 5.97 Å². The van der Waals surface area contributed by atoms with Crippen molar-refractivity contribution in [1.82, 2.24) is 0 Å². The van der Waals surface area contributed by atoms with Crippen LogP contribution in [0.5, 0.6) is 0 Å². The van der Waals surface area contributed by atoms with Gasteiger partial charge < -0.3 is 34.4 Å². The van der Waals surface area contributed by atoms with Crippen LogP contribution in [-0.2, 0) is 23.7 Å². The van der Waals surface area contributed by atoms with Crippen LogP contribution in [0.4, 0.5) is 0 Å². The summed E-state index contributed by atoms with van der Waals surface area (Å²) < 4.78 is 23.4. The van der Waals surface area contributed by atoms with Gasteiger partial charge in [0.1, 0.15) is 12.0 Å². The summed E-state index contributed by atoms with van der Waals surface area (Å²) in [4.78, 5) is 13.5. The monoisotopic (exact) mass is 521 g/mol. The molecule has 1 aromatic rings. The van der Waals surface area contributed by atoms with E-state index in [4.69, 9.17) is 18.9 Å². The Hall–Kier alpha value is -2.04. The van der Waals surface area contributed by atoms with Gasteiger partial charge in [-0.1, -0.05) is 55.8 Å². The summed E-state index contributed by atoms with van der Waals surface area (Å²) in [6, 6.07) is 9.48. The number of carbonyl (C=O) groups is 1. The topological polar surface area (TPSA) is 127 Å². The van der Waals surface area contributed by atoms with E-state index in [2.05, 4.69) is 5.16 Å². The van der Waals surface area contributed by atoms with Crippen LogP contribution in [0.25, 0.3) is 0 Å². The lowest BCUT2D eigenvalue weighted by Gasteiger charge is -2.49. The minimum absolute atomic E-state index is 0.142. The molecule has 2 heterocycles. The molecule has 9 heteroatoms. The first-order chi connectivity index (χ1) is 17.7. The fourth-order valence-corrected chi connectivity index (χ4v) is 5.67. The number of benzene rings is 1. The van der Waals surface area contributed by atoms with E-state index in [0.717, 1.165) is 18.4 Å². The van der Waals surface area contributed by atoms with Crippen LogP contribution in [0, 0.1) is 17.8 Å². The van der Waals surface area contributed by atoms with E-state index in [1.165, 1.54) is 7.11 Å². The second kappa shape index (κ2) is 13.2. The molecular weight excluding hydrogens is 478 g/mol. The molecule has 2 fully saturated rings. The first-order valence-electron chi connectivity index (χ1n) is 13.3. The molecule has 0 amide bonds. The number of aliphatic hydroxyl groups is 2. The second-order valence-electron chi connectivity index (χ2n) is 10.5. The van der Waals surface area contributed by atoms with Gasteiger partial charge in [0.15, 0.2) is 6.10 Å². The van der Waals surface area contributed by atoms with E-state index in [1.54, 1.807) is 14.0 Å². The van der Waals surface area contributed by atoms with Gasteiger partial charge in [-0.15, -0.1) is 0 Å². The van der Waals surface area contributed by atoms with E-state index >= 15 is 0 Å². The first-order valence-corrected chi connectivity index (χ1v) is 13.3. The van der Waals surface area contributed by atoms with Gasteiger partial charge in [0.05, 0.1) is 24.0 Å². The molecule has 37 heavy (non-hydrogen) atoms. The maximum atomic E-state index is 13.5. The van der Waals surface area contributed by atoms with Gasteiger partial charge in [0, 0.05) is 20.1 Å². The third-order valence-electron chi connectivity index (χ3n) is 8.10. The molecule has 208 valence electrons. The van der Waals surface area contributed by atoms with Crippen molar-refractivity contribution < 1.29 is 39.2 Å². The zero-order valence-corrected chi connectivity index (χ0v) is 22.6. The molecule has 0 aromatic heterocycles. The van der Waals surface area contributed by atoms with Crippen molar-refractivity contribution in [1.29, 1.82) is 0 Å². The second-order valence-corrected chi connectivity index (χ2v) is 10.5. The smallest absolute Gasteiger partial charge is 0.314 e. The molecule has 0 radical (unpaired) electrons. The SMILES string of the molecule is COC1CCCCC(c2ccccc2)OC(=O)C(C)C2(O)OC(C(C)CCC1O)C(C)/C(=N/O)C2OC. The first kappa shape index (κ1) is 29.5. The lowest BCUT2D eigenvalue weighted by atomic mass is 9.77. The summed E-state index contributed by atoms with van der Waals surface area (Å²) in [7, 11) is 2.98. The molecule has 3 N–H and O–H groups in total. The molecular formula is C28H43NO8. The highest BCUT2D eigenvalue weighted by molar-refractivity contribution is 5.93. The predicted molar refractivity (Wildman–Crippen MR) is 137 cm³/mol. The van der Waals surface area contributed by atoms with Gasteiger partial charge in [-0.3, -0.25) is 4.79 Å². The summed E-state index contributed by atoms with van der Waals surface area (Å²) in [6.07, 6.45) is 0.619. The van der Waals surface area contributed by atoms with Crippen LogP contribution in [0.2, 0.25) is 0 Å². The maximum absolute atomic E-state index is 13.5. The molecule has 9 atom stereocenters. The lowest BCUT2D eigenvalue weighted by molar-refractivity contribution is -0.312. The number of aliphatic hydroxyl groups excluding tert-OH is 1. The zero-order chi connectivity index (χ0) is 27.2. The third kappa shape index (κ3) is 6.52. The Morgan fingerprint density at radius 3 is 2.30 bits per heavy atom. The number of ether oxygens (including phenoxy) is 4. The van der Waals surface area contributed by atoms with Crippen molar-refractivity contribution >= 4 is 11.7 Å². The minimum atomic E-state index is -2.12. The molecule has 2 bridgehead atoms. The highest BCUT2D eigenvalue weighted by Gasteiger charge is 2.58. The van der Waals surface area contributed by atoms with Crippen molar-refractivity contribution in [2.75, 3.05) is 14.2 Å². The van der Waals surface area contributed by atoms with Gasteiger partial charge in [-0.2, -0.15) is 0 Å². The molecule has 9 nitrogen and oxygen atoms in total. The lowest BCUT2D eigenvalue weighted by Crippen LogP contribution is -2.65. The summed E-state index contributed by atoms with van der Waals surface area (Å²) in [5.74, 6) is -4.44. The Bertz CT molecular complexity index is 895. The molecule has 9 unspecified atom stereocenters. The molecule has 2 aliphatic rings. The standard InChI is InChI=1S/C28H43NO8/c1-17-15-16-21(30)23(34-4)14-10-9-13-22(20-11-7-6-8-12-20)36-27(31)19(3)28(32)26(35-5)24(29-33)18(2)25(17)37-28/h6-8,11-12,17-19,21-23,25-26,30,32-33H,9-10,13-16H2,1-5H3/b29-24-. The van der Waals surface area contributed by atoms with Crippen molar-refractivity contribution in [2.24, 2.45) is 22.9 Å². The number of cyclic esters (lactones) is 1. The Kier molecular flexibility index (Phi) is 10.5. The molecule has 1 aromatic carbocycles.